The van der Waals surface area contributed by atoms with Gasteiger partial charge in [-0.1, -0.05) is 19.3 Å². The zero-order valence-electron chi connectivity index (χ0n) is 11.4. The minimum Gasteiger partial charge on any atom is -0.342 e. The second-order valence-electron chi connectivity index (χ2n) is 5.52. The molecular weight excluding hydrogens is 222 g/mol. The Hall–Kier alpha value is -1.27. The van der Waals surface area contributed by atoms with Crippen LogP contribution in [0.2, 0.25) is 0 Å². The molecule has 0 spiro atoms. The summed E-state index contributed by atoms with van der Waals surface area (Å²) in [5.74, 6) is 0.831. The highest BCUT2D eigenvalue weighted by atomic mass is 15.0. The van der Waals surface area contributed by atoms with Gasteiger partial charge in [-0.2, -0.15) is 5.26 Å². The van der Waals surface area contributed by atoms with Crippen LogP contribution in [0.1, 0.15) is 50.3 Å². The Morgan fingerprint density at radius 2 is 2.17 bits per heavy atom. The van der Waals surface area contributed by atoms with Crippen LogP contribution >= 0.6 is 0 Å². The molecule has 2 rings (SSSR count). The fourth-order valence-corrected chi connectivity index (χ4v) is 2.92. The molecule has 0 unspecified atom stereocenters. The highest BCUT2D eigenvalue weighted by molar-refractivity contribution is 5.28. The van der Waals surface area contributed by atoms with Crippen molar-refractivity contribution in [2.24, 2.45) is 13.0 Å². The number of nitrogens with one attached hydrogen (secondary N) is 1. The topological polar surface area (TPSA) is 40.8 Å². The van der Waals surface area contributed by atoms with Crippen LogP contribution in [0, 0.1) is 17.2 Å². The van der Waals surface area contributed by atoms with Gasteiger partial charge in [0.25, 0.3) is 0 Å². The summed E-state index contributed by atoms with van der Waals surface area (Å²) < 4.78 is 1.89. The van der Waals surface area contributed by atoms with Gasteiger partial charge in [-0.15, -0.1) is 0 Å². The standard InChI is InChI=1S/C15H23N3/c1-12(14-6-4-3-5-7-14)17-10-13-8-15(9-16)18(2)11-13/h8,11-12,14,17H,3-7,10H2,1-2H3/t12-/m0/s1. The van der Waals surface area contributed by atoms with E-state index in [0.29, 0.717) is 6.04 Å². The number of nitrogens with zero attached hydrogens (tertiary/aromatic N) is 2. The molecule has 1 saturated carbocycles. The smallest absolute Gasteiger partial charge is 0.120 e. The second kappa shape index (κ2) is 6.06. The molecule has 98 valence electrons. The monoisotopic (exact) mass is 245 g/mol. The zero-order chi connectivity index (χ0) is 13.0. The fraction of sp³-hybridized carbons (Fsp3) is 0.667. The van der Waals surface area contributed by atoms with E-state index in [1.165, 1.54) is 37.7 Å². The Labute approximate surface area is 110 Å². The quantitative estimate of drug-likeness (QED) is 0.886. The molecule has 0 aliphatic heterocycles. The first-order valence-corrected chi connectivity index (χ1v) is 6.99. The lowest BCUT2D eigenvalue weighted by Gasteiger charge is -2.28. The van der Waals surface area contributed by atoms with Gasteiger partial charge in [0, 0.05) is 25.8 Å². The summed E-state index contributed by atoms with van der Waals surface area (Å²) in [7, 11) is 1.92. The molecule has 1 aromatic heterocycles. The van der Waals surface area contributed by atoms with Crippen molar-refractivity contribution in [1.82, 2.24) is 9.88 Å². The number of rotatable bonds is 4. The van der Waals surface area contributed by atoms with Crippen molar-refractivity contribution in [1.29, 1.82) is 5.26 Å². The van der Waals surface area contributed by atoms with Crippen LogP contribution < -0.4 is 5.32 Å². The van der Waals surface area contributed by atoms with Crippen LogP contribution in [0.25, 0.3) is 0 Å². The molecule has 3 nitrogen and oxygen atoms in total. The first-order chi connectivity index (χ1) is 8.70. The maximum atomic E-state index is 8.92. The molecule has 1 N–H and O–H groups in total. The van der Waals surface area contributed by atoms with Crippen molar-refractivity contribution in [2.45, 2.75) is 51.6 Å². The van der Waals surface area contributed by atoms with Crippen molar-refractivity contribution in [2.75, 3.05) is 0 Å². The van der Waals surface area contributed by atoms with E-state index in [9.17, 15) is 0 Å². The van der Waals surface area contributed by atoms with Gasteiger partial charge in [-0.05, 0) is 37.3 Å². The summed E-state index contributed by atoms with van der Waals surface area (Å²) in [5, 5.41) is 12.5. The summed E-state index contributed by atoms with van der Waals surface area (Å²) in [6.45, 7) is 3.16. The molecule has 3 heteroatoms. The maximum absolute atomic E-state index is 8.92. The van der Waals surface area contributed by atoms with Gasteiger partial charge in [0.15, 0.2) is 0 Å². The molecule has 0 bridgehead atoms. The molecule has 0 radical (unpaired) electrons. The highest BCUT2D eigenvalue weighted by Crippen LogP contribution is 2.26. The number of aryl methyl sites for hydroxylation is 1. The largest absolute Gasteiger partial charge is 0.342 e. The number of hydrogen-bond acceptors (Lipinski definition) is 2. The van der Waals surface area contributed by atoms with E-state index in [-0.39, 0.29) is 0 Å². The Morgan fingerprint density at radius 3 is 2.78 bits per heavy atom. The van der Waals surface area contributed by atoms with Gasteiger partial charge < -0.3 is 9.88 Å². The van der Waals surface area contributed by atoms with Crippen molar-refractivity contribution < 1.29 is 0 Å². The zero-order valence-corrected chi connectivity index (χ0v) is 11.4. The first kappa shape index (κ1) is 13.2. The van der Waals surface area contributed by atoms with E-state index in [4.69, 9.17) is 5.26 Å². The van der Waals surface area contributed by atoms with Crippen LogP contribution in [0.5, 0.6) is 0 Å². The van der Waals surface area contributed by atoms with Gasteiger partial charge in [-0.25, -0.2) is 0 Å². The summed E-state index contributed by atoms with van der Waals surface area (Å²) in [4.78, 5) is 0. The number of aromatic nitrogens is 1. The van der Waals surface area contributed by atoms with E-state index in [1.807, 2.05) is 23.9 Å². The summed E-state index contributed by atoms with van der Waals surface area (Å²) in [5.41, 5.74) is 1.94. The molecular formula is C15H23N3. The van der Waals surface area contributed by atoms with Crippen LogP contribution in [-0.2, 0) is 13.6 Å². The maximum Gasteiger partial charge on any atom is 0.120 e. The number of nitriles is 1. The molecule has 1 aliphatic carbocycles. The lowest BCUT2D eigenvalue weighted by atomic mass is 9.84. The Balaban J connectivity index is 1.84. The fourth-order valence-electron chi connectivity index (χ4n) is 2.92. The summed E-state index contributed by atoms with van der Waals surface area (Å²) in [6.07, 6.45) is 8.96. The van der Waals surface area contributed by atoms with Crippen molar-refractivity contribution >= 4 is 0 Å². The Morgan fingerprint density at radius 1 is 1.44 bits per heavy atom. The van der Waals surface area contributed by atoms with Crippen molar-refractivity contribution in [3.8, 4) is 6.07 Å². The third-order valence-corrected chi connectivity index (χ3v) is 4.16. The molecule has 1 aliphatic rings. The van der Waals surface area contributed by atoms with Gasteiger partial charge >= 0.3 is 0 Å². The van der Waals surface area contributed by atoms with Gasteiger partial charge in [0.1, 0.15) is 11.8 Å². The van der Waals surface area contributed by atoms with E-state index >= 15 is 0 Å². The molecule has 1 heterocycles. The van der Waals surface area contributed by atoms with E-state index in [2.05, 4.69) is 18.3 Å². The Kier molecular flexibility index (Phi) is 4.43. The predicted molar refractivity (Wildman–Crippen MR) is 73.0 cm³/mol. The van der Waals surface area contributed by atoms with Gasteiger partial charge in [0.2, 0.25) is 0 Å². The third kappa shape index (κ3) is 3.14. The normalized spacial score (nSPS) is 18.5. The first-order valence-electron chi connectivity index (χ1n) is 6.99. The third-order valence-electron chi connectivity index (χ3n) is 4.16. The molecule has 0 aromatic carbocycles. The molecule has 18 heavy (non-hydrogen) atoms. The van der Waals surface area contributed by atoms with Crippen LogP contribution in [-0.4, -0.2) is 10.6 Å². The number of hydrogen-bond donors (Lipinski definition) is 1. The minimum atomic E-state index is 0.580. The van der Waals surface area contributed by atoms with Crippen LogP contribution in [0.15, 0.2) is 12.3 Å². The van der Waals surface area contributed by atoms with E-state index in [0.717, 1.165) is 18.2 Å². The minimum absolute atomic E-state index is 0.580. The molecule has 0 amide bonds. The molecule has 1 aromatic rings. The van der Waals surface area contributed by atoms with Crippen molar-refractivity contribution in [3.63, 3.8) is 0 Å². The van der Waals surface area contributed by atoms with Crippen molar-refractivity contribution in [3.05, 3.63) is 23.5 Å². The lowest BCUT2D eigenvalue weighted by Crippen LogP contribution is -2.34. The molecule has 0 saturated heterocycles. The van der Waals surface area contributed by atoms with Crippen LogP contribution in [0.3, 0.4) is 0 Å². The lowest BCUT2D eigenvalue weighted by molar-refractivity contribution is 0.280. The van der Waals surface area contributed by atoms with Gasteiger partial charge in [0.05, 0.1) is 0 Å². The van der Waals surface area contributed by atoms with E-state index in [1.54, 1.807) is 0 Å². The average Bonchev–Trinajstić information content (AvgIpc) is 2.77. The predicted octanol–water partition coefficient (Wildman–Crippen LogP) is 2.96. The van der Waals surface area contributed by atoms with Crippen LogP contribution in [0.4, 0.5) is 0 Å². The summed E-state index contributed by atoms with van der Waals surface area (Å²) in [6, 6.07) is 4.75. The average molecular weight is 245 g/mol. The molecule has 1 fully saturated rings. The SMILES string of the molecule is C[C@H](NCc1cc(C#N)n(C)c1)C1CCCCC1. The van der Waals surface area contributed by atoms with Gasteiger partial charge in [-0.3, -0.25) is 0 Å². The Bertz CT molecular complexity index is 421. The molecule has 1 atom stereocenters. The second-order valence-corrected chi connectivity index (χ2v) is 5.52. The highest BCUT2D eigenvalue weighted by Gasteiger charge is 2.19. The van der Waals surface area contributed by atoms with E-state index < -0.39 is 0 Å². The summed E-state index contributed by atoms with van der Waals surface area (Å²) >= 11 is 0.